The Labute approximate surface area is 221 Å². The van der Waals surface area contributed by atoms with E-state index in [9.17, 15) is 0 Å². The molecule has 0 spiro atoms. The van der Waals surface area contributed by atoms with Gasteiger partial charge in [0.2, 0.25) is 0 Å². The van der Waals surface area contributed by atoms with Crippen LogP contribution in [0, 0.1) is 5.92 Å². The lowest BCUT2D eigenvalue weighted by molar-refractivity contribution is -0.392. The van der Waals surface area contributed by atoms with Crippen LogP contribution in [-0.4, -0.2) is 62.5 Å². The highest BCUT2D eigenvalue weighted by atomic mass is 16.9. The van der Waals surface area contributed by atoms with Gasteiger partial charge in [0.05, 0.1) is 6.33 Å². The number of imidazole rings is 1. The molecule has 0 amide bonds. The molecule has 0 unspecified atom stereocenters. The molecule has 3 N–H and O–H groups in total. The summed E-state index contributed by atoms with van der Waals surface area (Å²) in [4.78, 5) is 12.8. The van der Waals surface area contributed by atoms with Crippen molar-refractivity contribution in [2.75, 3.05) is 12.3 Å². The highest BCUT2D eigenvalue weighted by molar-refractivity contribution is 5.81. The largest absolute Gasteiger partial charge is 0.382 e. The number of nitrogens with two attached hydrogens (primary N) is 1. The van der Waals surface area contributed by atoms with Crippen LogP contribution in [0.3, 0.4) is 0 Å². The Kier molecular flexibility index (Phi) is 6.10. The molecule has 2 aromatic heterocycles. The molecule has 1 aliphatic carbocycles. The molecule has 11 heteroatoms. The van der Waals surface area contributed by atoms with Gasteiger partial charge in [-0.1, -0.05) is 30.3 Å². The molecule has 3 saturated heterocycles. The minimum Gasteiger partial charge on any atom is -0.382 e. The second-order valence-corrected chi connectivity index (χ2v) is 11.2. The number of anilines is 1. The average Bonchev–Trinajstić information content (AvgIpc) is 3.51. The van der Waals surface area contributed by atoms with E-state index < -0.39 is 12.0 Å². The Hall–Kier alpha value is -2.67. The van der Waals surface area contributed by atoms with E-state index in [1.54, 1.807) is 6.33 Å². The molecule has 3 aliphatic heterocycles. The molecular weight excluding hydrogens is 488 g/mol. The Balaban J connectivity index is 0.904. The maximum Gasteiger partial charge on any atom is 0.189 e. The highest BCUT2D eigenvalue weighted by Gasteiger charge is 2.56. The van der Waals surface area contributed by atoms with Gasteiger partial charge in [-0.25, -0.2) is 15.0 Å². The fourth-order valence-electron chi connectivity index (χ4n) is 6.09. The maximum atomic E-state index is 6.48. The molecule has 0 radical (unpaired) electrons. The van der Waals surface area contributed by atoms with E-state index in [4.69, 9.17) is 29.4 Å². The molecule has 202 valence electrons. The summed E-state index contributed by atoms with van der Waals surface area (Å²) in [5.74, 6) is 0.344. The van der Waals surface area contributed by atoms with Crippen LogP contribution < -0.4 is 11.1 Å². The predicted octanol–water partition coefficient (Wildman–Crippen LogP) is 3.05. The van der Waals surface area contributed by atoms with Crippen molar-refractivity contribution in [1.29, 1.82) is 0 Å². The van der Waals surface area contributed by atoms with Gasteiger partial charge >= 0.3 is 0 Å². The van der Waals surface area contributed by atoms with Crippen LogP contribution in [0.25, 0.3) is 11.2 Å². The molecule has 0 bridgehead atoms. The molecule has 4 atom stereocenters. The van der Waals surface area contributed by atoms with Gasteiger partial charge in [-0.15, -0.1) is 0 Å². The second-order valence-electron chi connectivity index (χ2n) is 11.2. The maximum absolute atomic E-state index is 6.48. The van der Waals surface area contributed by atoms with Crippen LogP contribution in [0.1, 0.15) is 57.6 Å². The first kappa shape index (κ1) is 24.4. The lowest BCUT2D eigenvalue weighted by Gasteiger charge is -2.40. The fraction of sp³-hybridized carbons (Fsp3) is 0.593. The van der Waals surface area contributed by atoms with E-state index in [1.165, 1.54) is 6.33 Å². The number of hydrogen-bond donors (Lipinski definition) is 2. The third kappa shape index (κ3) is 4.47. The number of nitrogen functional groups attached to an aromatic ring is 1. The summed E-state index contributed by atoms with van der Waals surface area (Å²) < 4.78 is 32.7. The summed E-state index contributed by atoms with van der Waals surface area (Å²) in [5.41, 5.74) is 8.25. The van der Waals surface area contributed by atoms with Gasteiger partial charge in [-0.2, -0.15) is 0 Å². The van der Waals surface area contributed by atoms with Crippen LogP contribution in [0.5, 0.6) is 0 Å². The second kappa shape index (κ2) is 9.51. The van der Waals surface area contributed by atoms with Crippen molar-refractivity contribution >= 4 is 17.0 Å². The van der Waals surface area contributed by atoms with Crippen molar-refractivity contribution < 1.29 is 23.7 Å². The number of fused-ring (bicyclic) bond motifs is 2. The Morgan fingerprint density at radius 1 is 1.00 bits per heavy atom. The molecular formula is C27H34N6O5. The highest BCUT2D eigenvalue weighted by Crippen LogP contribution is 2.44. The quantitative estimate of drug-likeness (QED) is 0.456. The first-order chi connectivity index (χ1) is 18.4. The van der Waals surface area contributed by atoms with Crippen LogP contribution >= 0.6 is 0 Å². The summed E-state index contributed by atoms with van der Waals surface area (Å²) in [7, 11) is 0. The van der Waals surface area contributed by atoms with Crippen LogP contribution in [-0.2, 0) is 23.7 Å². The first-order valence-corrected chi connectivity index (χ1v) is 13.5. The molecule has 1 aromatic carbocycles. The van der Waals surface area contributed by atoms with Gasteiger partial charge in [-0.05, 0) is 45.4 Å². The number of benzene rings is 1. The smallest absolute Gasteiger partial charge is 0.189 e. The minimum absolute atomic E-state index is 0.0873. The first-order valence-electron chi connectivity index (χ1n) is 13.5. The normalized spacial score (nSPS) is 35.6. The van der Waals surface area contributed by atoms with Crippen molar-refractivity contribution in [3.63, 3.8) is 0 Å². The van der Waals surface area contributed by atoms with Gasteiger partial charge in [0.15, 0.2) is 36.1 Å². The van der Waals surface area contributed by atoms with E-state index in [0.29, 0.717) is 35.5 Å². The predicted molar refractivity (Wildman–Crippen MR) is 136 cm³/mol. The van der Waals surface area contributed by atoms with E-state index in [-0.39, 0.29) is 30.9 Å². The van der Waals surface area contributed by atoms with Gasteiger partial charge in [0.1, 0.15) is 30.2 Å². The number of aromatic nitrogens is 4. The number of nitrogens with one attached hydrogen (secondary N) is 1. The van der Waals surface area contributed by atoms with Crippen LogP contribution in [0.15, 0.2) is 43.0 Å². The Bertz CT molecular complexity index is 1280. The zero-order chi connectivity index (χ0) is 25.9. The summed E-state index contributed by atoms with van der Waals surface area (Å²) in [5, 5.41) is 3.69. The zero-order valence-corrected chi connectivity index (χ0v) is 21.6. The van der Waals surface area contributed by atoms with Crippen molar-refractivity contribution in [1.82, 2.24) is 24.8 Å². The molecule has 3 aromatic rings. The molecule has 4 aliphatic rings. The standard InChI is InChI=1S/C27H34N6O5/c1-27(2)37-21-18(34-25(22(21)38-27)33-14-32-20-23(28)30-13-31-24(20)33)12-29-17-10-15(11-17)8-9-19-35-26(36-19)16-6-4-3-5-7-16/h3-7,13-15,17-19,21-22,25-26,29H,8-12H2,1-2H3,(H2,28,30,31)/t15?,17?,18-,19?,21-,22-,25-,26?/m1/s1. The molecule has 11 nitrogen and oxygen atoms in total. The van der Waals surface area contributed by atoms with E-state index >= 15 is 0 Å². The molecule has 4 fully saturated rings. The molecule has 7 rings (SSSR count). The lowest BCUT2D eigenvalue weighted by atomic mass is 9.77. The fourth-order valence-corrected chi connectivity index (χ4v) is 6.09. The van der Waals surface area contributed by atoms with Crippen molar-refractivity contribution in [3.05, 3.63) is 48.5 Å². The molecule has 38 heavy (non-hydrogen) atoms. The Morgan fingerprint density at radius 2 is 1.79 bits per heavy atom. The lowest BCUT2D eigenvalue weighted by Crippen LogP contribution is -2.47. The van der Waals surface area contributed by atoms with Gasteiger partial charge in [-0.3, -0.25) is 4.57 Å². The minimum atomic E-state index is -0.688. The molecule has 1 saturated carbocycles. The van der Waals surface area contributed by atoms with Crippen LogP contribution in [0.2, 0.25) is 0 Å². The van der Waals surface area contributed by atoms with Gasteiger partial charge in [0, 0.05) is 18.2 Å². The van der Waals surface area contributed by atoms with Crippen molar-refractivity contribution in [3.8, 4) is 0 Å². The zero-order valence-electron chi connectivity index (χ0n) is 21.6. The van der Waals surface area contributed by atoms with E-state index in [1.807, 2.05) is 48.7 Å². The van der Waals surface area contributed by atoms with E-state index in [0.717, 1.165) is 31.2 Å². The van der Waals surface area contributed by atoms with E-state index in [2.05, 4.69) is 20.3 Å². The van der Waals surface area contributed by atoms with Crippen LogP contribution in [0.4, 0.5) is 5.82 Å². The topological polar surface area (TPSA) is 128 Å². The summed E-state index contributed by atoms with van der Waals surface area (Å²) in [6.45, 7) is 4.56. The number of ether oxygens (including phenoxy) is 5. The summed E-state index contributed by atoms with van der Waals surface area (Å²) in [6.07, 6.45) is 6.12. The molecule has 5 heterocycles. The average molecular weight is 523 g/mol. The summed E-state index contributed by atoms with van der Waals surface area (Å²) >= 11 is 0. The van der Waals surface area contributed by atoms with Crippen molar-refractivity contribution in [2.45, 2.75) is 88.5 Å². The third-order valence-corrected chi connectivity index (χ3v) is 8.06. The monoisotopic (exact) mass is 522 g/mol. The summed E-state index contributed by atoms with van der Waals surface area (Å²) in [6, 6.07) is 10.6. The van der Waals surface area contributed by atoms with Gasteiger partial charge < -0.3 is 34.7 Å². The van der Waals surface area contributed by atoms with Gasteiger partial charge in [0.25, 0.3) is 0 Å². The number of hydrogen-bond acceptors (Lipinski definition) is 10. The SMILES string of the molecule is CC1(C)O[C@@H]2[C@H](O1)[C@@H](CNC1CC(CCC3OC(c4ccccc4)O3)C1)O[C@H]2n1cnc2c(N)ncnc21. The van der Waals surface area contributed by atoms with Crippen molar-refractivity contribution in [2.24, 2.45) is 5.92 Å². The third-order valence-electron chi connectivity index (χ3n) is 8.06. The Morgan fingerprint density at radius 3 is 2.61 bits per heavy atom. The number of nitrogens with zero attached hydrogens (tertiary/aromatic N) is 4. The number of rotatable bonds is 8.